The first-order valence-electron chi connectivity index (χ1n) is 8.37. The van der Waals surface area contributed by atoms with Crippen molar-refractivity contribution in [3.8, 4) is 0 Å². The van der Waals surface area contributed by atoms with Crippen LogP contribution in [0.1, 0.15) is 30.4 Å². The zero-order valence-corrected chi connectivity index (χ0v) is 14.5. The van der Waals surface area contributed by atoms with E-state index in [1.807, 2.05) is 63.2 Å². The average Bonchev–Trinajstić information content (AvgIpc) is 3.09. The van der Waals surface area contributed by atoms with E-state index in [9.17, 15) is 4.79 Å². The van der Waals surface area contributed by atoms with E-state index in [2.05, 4.69) is 10.3 Å². The maximum Gasteiger partial charge on any atom is 0.329 e. The monoisotopic (exact) mass is 336 g/mol. The van der Waals surface area contributed by atoms with Crippen LogP contribution in [0.15, 0.2) is 46.9 Å². The maximum atomic E-state index is 12.4. The van der Waals surface area contributed by atoms with Gasteiger partial charge in [-0.3, -0.25) is 0 Å². The van der Waals surface area contributed by atoms with Crippen molar-refractivity contribution in [2.45, 2.75) is 38.8 Å². The smallest absolute Gasteiger partial charge is 0.329 e. The number of nitrogens with zero attached hydrogens (tertiary/aromatic N) is 1. The number of fused-ring (bicyclic) bond motifs is 1. The summed E-state index contributed by atoms with van der Waals surface area (Å²) in [6, 6.07) is 13.2. The Hall–Kier alpha value is -2.82. The fraction of sp³-hybridized carbons (Fsp3) is 0.300. The second-order valence-electron chi connectivity index (χ2n) is 6.87. The van der Waals surface area contributed by atoms with E-state index in [1.165, 1.54) is 0 Å². The van der Waals surface area contributed by atoms with Gasteiger partial charge in [-0.05, 0) is 50.6 Å². The lowest BCUT2D eigenvalue weighted by atomic mass is 9.97. The highest BCUT2D eigenvalue weighted by molar-refractivity contribution is 5.83. The molecule has 1 aliphatic heterocycles. The molecule has 0 aliphatic carbocycles. The number of aryl methyl sites for hydroxylation is 2. The van der Waals surface area contributed by atoms with Gasteiger partial charge in [-0.1, -0.05) is 18.2 Å². The Morgan fingerprint density at radius 3 is 2.76 bits per heavy atom. The summed E-state index contributed by atoms with van der Waals surface area (Å²) in [4.78, 5) is 16.8. The van der Waals surface area contributed by atoms with E-state index in [4.69, 9.17) is 9.15 Å². The lowest BCUT2D eigenvalue weighted by molar-refractivity contribution is -0.149. The Balaban J connectivity index is 1.60. The number of carbonyl (C=O) groups excluding carboxylic acids is 1. The number of furan rings is 1. The Morgan fingerprint density at radius 1 is 1.20 bits per heavy atom. The fourth-order valence-corrected chi connectivity index (χ4v) is 3.40. The van der Waals surface area contributed by atoms with Crippen molar-refractivity contribution >= 4 is 22.8 Å². The normalized spacial score (nSPS) is 23.0. The van der Waals surface area contributed by atoms with Crippen molar-refractivity contribution in [3.63, 3.8) is 0 Å². The number of esters is 1. The number of anilines is 1. The first-order valence-corrected chi connectivity index (χ1v) is 8.37. The third-order valence-electron chi connectivity index (χ3n) is 4.57. The molecule has 0 saturated carbocycles. The largest absolute Gasteiger partial charge is 0.457 e. The number of carbonyl (C=O) groups is 1. The summed E-state index contributed by atoms with van der Waals surface area (Å²) in [5, 5.41) is 4.21. The molecule has 2 atom stereocenters. The van der Waals surface area contributed by atoms with Crippen LogP contribution in [0.4, 0.5) is 5.82 Å². The number of cyclic esters (lactones) is 1. The summed E-state index contributed by atoms with van der Waals surface area (Å²) in [5.41, 5.74) is 2.02. The quantitative estimate of drug-likeness (QED) is 0.730. The molecule has 5 nitrogen and oxygen atoms in total. The van der Waals surface area contributed by atoms with Crippen LogP contribution in [0.3, 0.4) is 0 Å². The molecule has 3 heterocycles. The molecule has 1 N–H and O–H groups in total. The van der Waals surface area contributed by atoms with Crippen LogP contribution in [0.5, 0.6) is 0 Å². The third-order valence-corrected chi connectivity index (χ3v) is 4.57. The van der Waals surface area contributed by atoms with Gasteiger partial charge >= 0.3 is 5.97 Å². The number of rotatable bonds is 3. The van der Waals surface area contributed by atoms with Crippen molar-refractivity contribution in [1.82, 2.24) is 4.98 Å². The van der Waals surface area contributed by atoms with Crippen molar-refractivity contribution < 1.29 is 13.9 Å². The van der Waals surface area contributed by atoms with E-state index in [0.717, 1.165) is 22.2 Å². The third kappa shape index (κ3) is 2.86. The highest BCUT2D eigenvalue weighted by atomic mass is 16.6. The Kier molecular flexibility index (Phi) is 3.53. The molecule has 5 heteroatoms. The lowest BCUT2D eigenvalue weighted by Crippen LogP contribution is -2.25. The summed E-state index contributed by atoms with van der Waals surface area (Å²) >= 11 is 0. The molecule has 1 aliphatic rings. The van der Waals surface area contributed by atoms with Crippen molar-refractivity contribution in [3.05, 3.63) is 59.5 Å². The highest BCUT2D eigenvalue weighted by Gasteiger charge is 2.47. The van der Waals surface area contributed by atoms with Gasteiger partial charge < -0.3 is 14.5 Å². The number of aromatic nitrogens is 1. The predicted octanol–water partition coefficient (Wildman–Crippen LogP) is 4.09. The molecule has 128 valence electrons. The molecule has 1 fully saturated rings. The van der Waals surface area contributed by atoms with Crippen LogP contribution in [-0.4, -0.2) is 17.0 Å². The standard InChI is InChI=1S/C20H20N2O3/c1-12-8-13(2)21-18(9-12)22-15-11-20(3,25-19(15)23)17-10-14-6-4-5-7-16(14)24-17/h4-10,15H,11H2,1-3H3,(H,21,22). The molecular formula is C20H20N2O3. The molecule has 0 bridgehead atoms. The van der Waals surface area contributed by atoms with E-state index >= 15 is 0 Å². The summed E-state index contributed by atoms with van der Waals surface area (Å²) in [7, 11) is 0. The van der Waals surface area contributed by atoms with Gasteiger partial charge in [-0.15, -0.1) is 0 Å². The van der Waals surface area contributed by atoms with Crippen molar-refractivity contribution in [2.24, 2.45) is 0 Å². The van der Waals surface area contributed by atoms with Crippen LogP contribution in [0.25, 0.3) is 11.0 Å². The number of hydrogen-bond acceptors (Lipinski definition) is 5. The van der Waals surface area contributed by atoms with Crippen LogP contribution in [0.2, 0.25) is 0 Å². The topological polar surface area (TPSA) is 64.4 Å². The van der Waals surface area contributed by atoms with Crippen LogP contribution in [-0.2, 0) is 15.1 Å². The van der Waals surface area contributed by atoms with Gasteiger partial charge in [-0.25, -0.2) is 9.78 Å². The van der Waals surface area contributed by atoms with Gasteiger partial charge in [0.1, 0.15) is 23.2 Å². The average molecular weight is 336 g/mol. The number of ether oxygens (including phenoxy) is 1. The number of pyridine rings is 1. The van der Waals surface area contributed by atoms with Crippen LogP contribution >= 0.6 is 0 Å². The predicted molar refractivity (Wildman–Crippen MR) is 95.4 cm³/mol. The molecule has 25 heavy (non-hydrogen) atoms. The summed E-state index contributed by atoms with van der Waals surface area (Å²) in [5.74, 6) is 1.07. The molecule has 3 aromatic rings. The first kappa shape index (κ1) is 15.7. The molecule has 0 spiro atoms. The van der Waals surface area contributed by atoms with Crippen molar-refractivity contribution in [1.29, 1.82) is 0 Å². The molecule has 1 saturated heterocycles. The zero-order chi connectivity index (χ0) is 17.6. The minimum atomic E-state index is -0.785. The molecule has 1 aromatic carbocycles. The van der Waals surface area contributed by atoms with Crippen LogP contribution < -0.4 is 5.32 Å². The fourth-order valence-electron chi connectivity index (χ4n) is 3.40. The molecule has 4 rings (SSSR count). The van der Waals surface area contributed by atoms with Crippen molar-refractivity contribution in [2.75, 3.05) is 5.32 Å². The summed E-state index contributed by atoms with van der Waals surface area (Å²) in [6.07, 6.45) is 0.486. The van der Waals surface area contributed by atoms with Crippen LogP contribution in [0, 0.1) is 13.8 Å². The Morgan fingerprint density at radius 2 is 2.00 bits per heavy atom. The van der Waals surface area contributed by atoms with E-state index in [0.29, 0.717) is 18.0 Å². The van der Waals surface area contributed by atoms with Gasteiger partial charge in [0, 0.05) is 17.5 Å². The zero-order valence-electron chi connectivity index (χ0n) is 14.5. The number of para-hydroxylation sites is 1. The van der Waals surface area contributed by atoms with Gasteiger partial charge in [0.05, 0.1) is 0 Å². The van der Waals surface area contributed by atoms with Gasteiger partial charge in [0.2, 0.25) is 0 Å². The highest BCUT2D eigenvalue weighted by Crippen LogP contribution is 2.39. The first-order chi connectivity index (χ1) is 11.9. The van der Waals surface area contributed by atoms with Gasteiger partial charge in [-0.2, -0.15) is 0 Å². The van der Waals surface area contributed by atoms with Gasteiger partial charge in [0.25, 0.3) is 0 Å². The Labute approximate surface area is 146 Å². The second-order valence-corrected chi connectivity index (χ2v) is 6.87. The maximum absolute atomic E-state index is 12.4. The lowest BCUT2D eigenvalue weighted by Gasteiger charge is -2.19. The van der Waals surface area contributed by atoms with E-state index < -0.39 is 11.6 Å². The van der Waals surface area contributed by atoms with E-state index in [-0.39, 0.29) is 5.97 Å². The van der Waals surface area contributed by atoms with Gasteiger partial charge in [0.15, 0.2) is 5.60 Å². The molecule has 0 radical (unpaired) electrons. The minimum absolute atomic E-state index is 0.288. The second kappa shape index (κ2) is 5.62. The SMILES string of the molecule is Cc1cc(C)nc(NC2CC(C)(c3cc4ccccc4o3)OC2=O)c1. The minimum Gasteiger partial charge on any atom is -0.457 e. The number of benzene rings is 1. The molecule has 0 amide bonds. The number of nitrogens with one attached hydrogen (secondary N) is 1. The summed E-state index contributed by atoms with van der Waals surface area (Å²) in [6.45, 7) is 5.83. The molecular weight excluding hydrogens is 316 g/mol. The number of hydrogen-bond donors (Lipinski definition) is 1. The molecule has 2 unspecified atom stereocenters. The summed E-state index contributed by atoms with van der Waals surface area (Å²) < 4.78 is 11.6. The van der Waals surface area contributed by atoms with E-state index in [1.54, 1.807) is 0 Å². The molecule has 2 aromatic heterocycles. The Bertz CT molecular complexity index is 909.